The number of esters is 1. The van der Waals surface area contributed by atoms with Crippen LogP contribution in [-0.4, -0.2) is 42.8 Å². The summed E-state index contributed by atoms with van der Waals surface area (Å²) in [6.45, 7) is 20.0. The van der Waals surface area contributed by atoms with Gasteiger partial charge in [0.15, 0.2) is 0 Å². The third-order valence-electron chi connectivity index (χ3n) is 4.69. The Morgan fingerprint density at radius 2 is 1.68 bits per heavy atom. The van der Waals surface area contributed by atoms with Crippen LogP contribution in [0.25, 0.3) is 0 Å². The van der Waals surface area contributed by atoms with Crippen LogP contribution in [-0.2, 0) is 14.3 Å². The molecule has 0 radical (unpaired) electrons. The van der Waals surface area contributed by atoms with Gasteiger partial charge < -0.3 is 14.4 Å². The van der Waals surface area contributed by atoms with Crippen LogP contribution in [0.4, 0.5) is 0 Å². The zero-order valence-electron chi connectivity index (χ0n) is 17.8. The molecule has 0 aliphatic heterocycles. The second kappa shape index (κ2) is 10.3. The Bertz CT molecular complexity index is 502. The normalized spacial score (nSPS) is 12.4. The average molecular weight is 352 g/mol. The summed E-state index contributed by atoms with van der Waals surface area (Å²) in [5.74, 6) is 2.19. The van der Waals surface area contributed by atoms with Crippen molar-refractivity contribution in [3.63, 3.8) is 0 Å². The van der Waals surface area contributed by atoms with Gasteiger partial charge in [0.2, 0.25) is 0 Å². The molecular weight excluding hydrogens is 314 g/mol. The predicted octanol–water partition coefficient (Wildman–Crippen LogP) is 4.42. The van der Waals surface area contributed by atoms with E-state index in [4.69, 9.17) is 15.9 Å². The summed E-state index contributed by atoms with van der Waals surface area (Å²) in [5.41, 5.74) is 0.0791. The molecule has 0 bridgehead atoms. The number of rotatable bonds is 6. The molecule has 0 unspecified atom stereocenters. The molecule has 0 aromatic rings. The lowest BCUT2D eigenvalue weighted by Gasteiger charge is -2.37. The van der Waals surface area contributed by atoms with E-state index in [1.165, 1.54) is 0 Å². The molecule has 25 heavy (non-hydrogen) atoms. The first-order valence-corrected chi connectivity index (χ1v) is 8.47. The molecule has 0 aliphatic rings. The van der Waals surface area contributed by atoms with Gasteiger partial charge in [-0.3, -0.25) is 0 Å². The Labute approximate surface area is 155 Å². The fourth-order valence-electron chi connectivity index (χ4n) is 1.28. The number of nitrogens with zero attached hydrogens (tertiary/aromatic N) is 1. The first-order chi connectivity index (χ1) is 11.2. The summed E-state index contributed by atoms with van der Waals surface area (Å²) in [6, 6.07) is 0. The van der Waals surface area contributed by atoms with E-state index in [9.17, 15) is 4.79 Å². The molecule has 0 atom stereocenters. The van der Waals surface area contributed by atoms with Gasteiger partial charge in [-0.1, -0.05) is 39.3 Å². The molecule has 0 rings (SSSR count). The number of ether oxygens (including phenoxy) is 2. The fourth-order valence-corrected chi connectivity index (χ4v) is 1.28. The first kappa shape index (κ1) is 25.5. The summed E-state index contributed by atoms with van der Waals surface area (Å²) in [5, 5.41) is 0. The zero-order chi connectivity index (χ0) is 20.5. The standard InChI is InChI=1S/C13H19NO2.C8H18O/c1-7-11(8-2)10-14(6)13(4,5)12(15)16-9-3;1-7(2,3)8(4,5)9-6/h1,8,10H,2,9H2,3-6H3;1-6H3/b11-10-;. The first-order valence-electron chi connectivity index (χ1n) is 8.47. The number of hydrogen-bond donors (Lipinski definition) is 0. The number of allylic oxidation sites excluding steroid dienone is 2. The van der Waals surface area contributed by atoms with E-state index >= 15 is 0 Å². The minimum atomic E-state index is -0.749. The predicted molar refractivity (Wildman–Crippen MR) is 106 cm³/mol. The third-order valence-corrected chi connectivity index (χ3v) is 4.69. The van der Waals surface area contributed by atoms with Crippen molar-refractivity contribution in [1.82, 2.24) is 4.90 Å². The largest absolute Gasteiger partial charge is 0.464 e. The van der Waals surface area contributed by atoms with Crippen molar-refractivity contribution in [2.75, 3.05) is 20.8 Å². The molecule has 0 saturated heterocycles. The van der Waals surface area contributed by atoms with Gasteiger partial charge in [-0.2, -0.15) is 0 Å². The van der Waals surface area contributed by atoms with E-state index in [-0.39, 0.29) is 17.0 Å². The number of methoxy groups -OCH3 is 1. The molecule has 0 fully saturated rings. The van der Waals surface area contributed by atoms with Crippen LogP contribution in [0.1, 0.15) is 55.4 Å². The van der Waals surface area contributed by atoms with Crippen LogP contribution in [0.3, 0.4) is 0 Å². The minimum Gasteiger partial charge on any atom is -0.464 e. The topological polar surface area (TPSA) is 38.8 Å². The van der Waals surface area contributed by atoms with Gasteiger partial charge in [-0.05, 0) is 40.0 Å². The Morgan fingerprint density at radius 3 is 1.92 bits per heavy atom. The van der Waals surface area contributed by atoms with E-state index < -0.39 is 5.54 Å². The molecule has 0 N–H and O–H groups in total. The highest BCUT2D eigenvalue weighted by Crippen LogP contribution is 2.31. The van der Waals surface area contributed by atoms with Crippen molar-refractivity contribution in [2.24, 2.45) is 5.41 Å². The van der Waals surface area contributed by atoms with E-state index in [1.54, 1.807) is 52.1 Å². The van der Waals surface area contributed by atoms with Gasteiger partial charge in [0.05, 0.1) is 12.2 Å². The number of carbonyl (C=O) groups is 1. The maximum Gasteiger partial charge on any atom is 0.331 e. The van der Waals surface area contributed by atoms with Crippen molar-refractivity contribution in [3.8, 4) is 12.3 Å². The number of carbonyl (C=O) groups excluding carboxylic acids is 1. The molecule has 0 aliphatic carbocycles. The maximum absolute atomic E-state index is 11.7. The van der Waals surface area contributed by atoms with Crippen LogP contribution in [0.15, 0.2) is 24.4 Å². The lowest BCUT2D eigenvalue weighted by atomic mass is 9.79. The van der Waals surface area contributed by atoms with Crippen LogP contribution in [0, 0.1) is 17.8 Å². The molecule has 0 aromatic heterocycles. The maximum atomic E-state index is 11.7. The quantitative estimate of drug-likeness (QED) is 0.403. The Hall–Kier alpha value is -1.73. The van der Waals surface area contributed by atoms with Gasteiger partial charge >= 0.3 is 5.97 Å². The highest BCUT2D eigenvalue weighted by Gasteiger charge is 2.33. The molecule has 0 amide bonds. The van der Waals surface area contributed by atoms with Crippen molar-refractivity contribution in [2.45, 2.75) is 66.5 Å². The molecule has 144 valence electrons. The Morgan fingerprint density at radius 1 is 1.20 bits per heavy atom. The summed E-state index contributed by atoms with van der Waals surface area (Å²) in [4.78, 5) is 13.4. The number of hydrogen-bond acceptors (Lipinski definition) is 4. The second-order valence-corrected chi connectivity index (χ2v) is 7.79. The molecule has 0 aromatic carbocycles. The molecule has 4 nitrogen and oxygen atoms in total. The zero-order valence-corrected chi connectivity index (χ0v) is 17.8. The van der Waals surface area contributed by atoms with E-state index in [0.717, 1.165) is 0 Å². The van der Waals surface area contributed by atoms with Gasteiger partial charge in [-0.15, -0.1) is 6.42 Å². The summed E-state index contributed by atoms with van der Waals surface area (Å²) in [7, 11) is 3.53. The summed E-state index contributed by atoms with van der Waals surface area (Å²) >= 11 is 0. The van der Waals surface area contributed by atoms with Crippen LogP contribution >= 0.6 is 0 Å². The van der Waals surface area contributed by atoms with Crippen molar-refractivity contribution in [1.29, 1.82) is 0 Å². The summed E-state index contributed by atoms with van der Waals surface area (Å²) in [6.07, 6.45) is 8.54. The van der Waals surface area contributed by atoms with Gasteiger partial charge in [0, 0.05) is 25.9 Å². The van der Waals surface area contributed by atoms with Crippen LogP contribution in [0.2, 0.25) is 0 Å². The Kier molecular flexibility index (Phi) is 10.5. The average Bonchev–Trinajstić information content (AvgIpc) is 2.51. The SMILES string of the molecule is C#C/C(C=C)=C/N(C)C(C)(C)C(=O)OCC.COC(C)(C)C(C)(C)C. The molecular formula is C21H37NO3. The van der Waals surface area contributed by atoms with Crippen molar-refractivity contribution < 1.29 is 14.3 Å². The summed E-state index contributed by atoms with van der Waals surface area (Å²) < 4.78 is 10.3. The molecule has 0 saturated carbocycles. The molecule has 4 heteroatoms. The van der Waals surface area contributed by atoms with Gasteiger partial charge in [0.25, 0.3) is 0 Å². The van der Waals surface area contributed by atoms with Gasteiger partial charge in [0.1, 0.15) is 5.54 Å². The lowest BCUT2D eigenvalue weighted by Crippen LogP contribution is -2.46. The molecule has 0 heterocycles. The highest BCUT2D eigenvalue weighted by atomic mass is 16.5. The van der Waals surface area contributed by atoms with Gasteiger partial charge in [-0.25, -0.2) is 4.79 Å². The van der Waals surface area contributed by atoms with Crippen LogP contribution < -0.4 is 0 Å². The van der Waals surface area contributed by atoms with E-state index in [0.29, 0.717) is 12.2 Å². The molecule has 0 spiro atoms. The van der Waals surface area contributed by atoms with Crippen molar-refractivity contribution >= 4 is 5.97 Å². The van der Waals surface area contributed by atoms with Crippen LogP contribution in [0.5, 0.6) is 0 Å². The lowest BCUT2D eigenvalue weighted by molar-refractivity contribution is -0.153. The third kappa shape index (κ3) is 8.27. The van der Waals surface area contributed by atoms with Crippen molar-refractivity contribution in [3.05, 3.63) is 24.4 Å². The van der Waals surface area contributed by atoms with E-state index in [1.807, 2.05) is 0 Å². The number of terminal acetylenes is 1. The Balaban J connectivity index is 0. The number of likely N-dealkylation sites (N-methyl/N-ethyl adjacent to an activating group) is 1. The second-order valence-electron chi connectivity index (χ2n) is 7.79. The fraction of sp³-hybridized carbons (Fsp3) is 0.667. The van der Waals surface area contributed by atoms with E-state index in [2.05, 4.69) is 47.1 Å². The monoisotopic (exact) mass is 351 g/mol. The minimum absolute atomic E-state index is 0.0208. The smallest absolute Gasteiger partial charge is 0.331 e. The highest BCUT2D eigenvalue weighted by molar-refractivity contribution is 5.80.